The van der Waals surface area contributed by atoms with Crippen molar-refractivity contribution in [2.75, 3.05) is 6.61 Å². The molecule has 0 bridgehead atoms. The lowest BCUT2D eigenvalue weighted by atomic mass is 9.76. The maximum atomic E-state index is 6.05. The van der Waals surface area contributed by atoms with Crippen molar-refractivity contribution < 1.29 is 4.74 Å². The maximum absolute atomic E-state index is 6.05. The third-order valence-corrected chi connectivity index (χ3v) is 5.65. The second-order valence-corrected chi connectivity index (χ2v) is 7.30. The Balaban J connectivity index is 1.43. The standard InChI is InChI=1S/C19H30N2O/c1-14-13-21-10-8-19(14)16-5-2-15(3-6-16)4-7-18-12-17(20)9-11-22-18/h8,10,13,15-18H,2-7,9,11-12,20H2,1H3. The zero-order chi connectivity index (χ0) is 15.4. The van der Waals surface area contributed by atoms with Gasteiger partial charge in [-0.25, -0.2) is 0 Å². The largest absolute Gasteiger partial charge is 0.378 e. The topological polar surface area (TPSA) is 48.1 Å². The van der Waals surface area contributed by atoms with Gasteiger partial charge in [-0.1, -0.05) is 0 Å². The molecular weight excluding hydrogens is 272 g/mol. The number of rotatable bonds is 4. The lowest BCUT2D eigenvalue weighted by Gasteiger charge is -2.32. The molecule has 2 atom stereocenters. The van der Waals surface area contributed by atoms with E-state index in [4.69, 9.17) is 10.5 Å². The number of aromatic nitrogens is 1. The first-order valence-electron chi connectivity index (χ1n) is 9.00. The number of nitrogens with two attached hydrogens (primary N) is 1. The third-order valence-electron chi connectivity index (χ3n) is 5.65. The predicted octanol–water partition coefficient (Wildman–Crippen LogP) is 3.95. The van der Waals surface area contributed by atoms with E-state index in [9.17, 15) is 0 Å². The van der Waals surface area contributed by atoms with Gasteiger partial charge >= 0.3 is 0 Å². The molecule has 3 rings (SSSR count). The second kappa shape index (κ2) is 7.56. The first-order valence-corrected chi connectivity index (χ1v) is 9.00. The molecule has 2 unspecified atom stereocenters. The average molecular weight is 302 g/mol. The molecule has 1 saturated carbocycles. The average Bonchev–Trinajstić information content (AvgIpc) is 2.54. The SMILES string of the molecule is Cc1cnccc1C1CCC(CCC2CC(N)CCO2)CC1. The molecule has 1 aliphatic heterocycles. The van der Waals surface area contributed by atoms with Crippen molar-refractivity contribution in [3.05, 3.63) is 29.6 Å². The Bertz CT molecular complexity index is 468. The smallest absolute Gasteiger partial charge is 0.0590 e. The van der Waals surface area contributed by atoms with Crippen molar-refractivity contribution in [1.29, 1.82) is 0 Å². The minimum atomic E-state index is 0.365. The van der Waals surface area contributed by atoms with E-state index in [2.05, 4.69) is 18.0 Å². The van der Waals surface area contributed by atoms with Gasteiger partial charge in [0.1, 0.15) is 0 Å². The van der Waals surface area contributed by atoms with Crippen molar-refractivity contribution in [3.63, 3.8) is 0 Å². The first-order chi connectivity index (χ1) is 10.7. The molecule has 3 heteroatoms. The Morgan fingerprint density at radius 1 is 1.18 bits per heavy atom. The summed E-state index contributed by atoms with van der Waals surface area (Å²) in [6.45, 7) is 3.05. The molecule has 0 amide bonds. The van der Waals surface area contributed by atoms with Gasteiger partial charge in [0.2, 0.25) is 0 Å². The molecular formula is C19H30N2O. The minimum absolute atomic E-state index is 0.365. The molecule has 0 aromatic carbocycles. The van der Waals surface area contributed by atoms with Gasteiger partial charge in [-0.2, -0.15) is 0 Å². The van der Waals surface area contributed by atoms with Crippen LogP contribution in [0.25, 0.3) is 0 Å². The summed E-state index contributed by atoms with van der Waals surface area (Å²) in [7, 11) is 0. The number of hydrogen-bond acceptors (Lipinski definition) is 3. The highest BCUT2D eigenvalue weighted by Gasteiger charge is 2.25. The molecule has 0 radical (unpaired) electrons. The van der Waals surface area contributed by atoms with Crippen molar-refractivity contribution in [2.45, 2.75) is 76.4 Å². The number of nitrogens with zero attached hydrogens (tertiary/aromatic N) is 1. The van der Waals surface area contributed by atoms with Gasteiger partial charge in [-0.15, -0.1) is 0 Å². The van der Waals surface area contributed by atoms with Gasteiger partial charge in [0.05, 0.1) is 6.10 Å². The van der Waals surface area contributed by atoms with Crippen molar-refractivity contribution >= 4 is 0 Å². The Labute approximate surface area is 134 Å². The quantitative estimate of drug-likeness (QED) is 0.916. The first kappa shape index (κ1) is 15.9. The monoisotopic (exact) mass is 302 g/mol. The van der Waals surface area contributed by atoms with Crippen LogP contribution in [-0.4, -0.2) is 23.7 Å². The van der Waals surface area contributed by atoms with E-state index in [0.717, 1.165) is 31.3 Å². The molecule has 0 spiro atoms. The van der Waals surface area contributed by atoms with Crippen LogP contribution in [-0.2, 0) is 4.74 Å². The number of aryl methyl sites for hydroxylation is 1. The molecule has 22 heavy (non-hydrogen) atoms. The van der Waals surface area contributed by atoms with Crippen molar-refractivity contribution in [2.24, 2.45) is 11.7 Å². The van der Waals surface area contributed by atoms with Gasteiger partial charge in [0.25, 0.3) is 0 Å². The van der Waals surface area contributed by atoms with Gasteiger partial charge in [-0.3, -0.25) is 4.98 Å². The van der Waals surface area contributed by atoms with Crippen LogP contribution in [0.4, 0.5) is 0 Å². The summed E-state index contributed by atoms with van der Waals surface area (Å²) in [6, 6.07) is 2.58. The van der Waals surface area contributed by atoms with Crippen LogP contribution in [0, 0.1) is 12.8 Å². The van der Waals surface area contributed by atoms with E-state index < -0.39 is 0 Å². The Morgan fingerprint density at radius 2 is 2.00 bits per heavy atom. The predicted molar refractivity (Wildman–Crippen MR) is 89.9 cm³/mol. The molecule has 122 valence electrons. The summed E-state index contributed by atoms with van der Waals surface area (Å²) < 4.78 is 5.86. The molecule has 1 aromatic rings. The molecule has 3 nitrogen and oxygen atoms in total. The molecule has 2 aliphatic rings. The highest BCUT2D eigenvalue weighted by atomic mass is 16.5. The fourth-order valence-electron chi connectivity index (χ4n) is 4.24. The van der Waals surface area contributed by atoms with Crippen LogP contribution in [0.3, 0.4) is 0 Å². The number of hydrogen-bond donors (Lipinski definition) is 1. The lowest BCUT2D eigenvalue weighted by Crippen LogP contribution is -2.35. The number of pyridine rings is 1. The van der Waals surface area contributed by atoms with Crippen molar-refractivity contribution in [1.82, 2.24) is 4.98 Å². The highest BCUT2D eigenvalue weighted by molar-refractivity contribution is 5.26. The fourth-order valence-corrected chi connectivity index (χ4v) is 4.24. The Kier molecular flexibility index (Phi) is 5.48. The van der Waals surface area contributed by atoms with E-state index >= 15 is 0 Å². The van der Waals surface area contributed by atoms with E-state index in [0.29, 0.717) is 12.1 Å². The molecule has 1 aliphatic carbocycles. The lowest BCUT2D eigenvalue weighted by molar-refractivity contribution is -0.00108. The Morgan fingerprint density at radius 3 is 2.73 bits per heavy atom. The van der Waals surface area contributed by atoms with Gasteiger partial charge in [-0.05, 0) is 87.3 Å². The van der Waals surface area contributed by atoms with Crippen LogP contribution in [0.5, 0.6) is 0 Å². The van der Waals surface area contributed by atoms with Gasteiger partial charge in [0.15, 0.2) is 0 Å². The van der Waals surface area contributed by atoms with E-state index in [1.807, 2.05) is 12.4 Å². The Hall–Kier alpha value is -0.930. The molecule has 2 heterocycles. The van der Waals surface area contributed by atoms with Crippen LogP contribution >= 0.6 is 0 Å². The molecule has 2 fully saturated rings. The zero-order valence-corrected chi connectivity index (χ0v) is 13.8. The molecule has 2 N–H and O–H groups in total. The van der Waals surface area contributed by atoms with E-state index in [1.54, 1.807) is 0 Å². The second-order valence-electron chi connectivity index (χ2n) is 7.30. The summed E-state index contributed by atoms with van der Waals surface area (Å²) in [5.74, 6) is 1.64. The summed E-state index contributed by atoms with van der Waals surface area (Å²) in [5.41, 5.74) is 8.93. The van der Waals surface area contributed by atoms with Crippen LogP contribution in [0.1, 0.15) is 68.4 Å². The summed E-state index contributed by atoms with van der Waals surface area (Å²) in [4.78, 5) is 4.22. The van der Waals surface area contributed by atoms with Crippen LogP contribution < -0.4 is 5.73 Å². The maximum Gasteiger partial charge on any atom is 0.0590 e. The summed E-state index contributed by atoms with van der Waals surface area (Å²) >= 11 is 0. The third kappa shape index (κ3) is 4.08. The minimum Gasteiger partial charge on any atom is -0.378 e. The normalized spacial score (nSPS) is 32.8. The fraction of sp³-hybridized carbons (Fsp3) is 0.737. The van der Waals surface area contributed by atoms with Crippen LogP contribution in [0.15, 0.2) is 18.5 Å². The highest BCUT2D eigenvalue weighted by Crippen LogP contribution is 2.38. The number of ether oxygens (including phenoxy) is 1. The van der Waals surface area contributed by atoms with Crippen molar-refractivity contribution in [3.8, 4) is 0 Å². The molecule has 1 saturated heterocycles. The van der Waals surface area contributed by atoms with Gasteiger partial charge in [0, 0.05) is 25.0 Å². The molecule has 1 aromatic heterocycles. The summed E-state index contributed by atoms with van der Waals surface area (Å²) in [5, 5.41) is 0. The zero-order valence-electron chi connectivity index (χ0n) is 13.8. The van der Waals surface area contributed by atoms with Crippen LogP contribution in [0.2, 0.25) is 0 Å². The van der Waals surface area contributed by atoms with E-state index in [-0.39, 0.29) is 0 Å². The van der Waals surface area contributed by atoms with Gasteiger partial charge < -0.3 is 10.5 Å². The summed E-state index contributed by atoms with van der Waals surface area (Å²) in [6.07, 6.45) is 14.4. The van der Waals surface area contributed by atoms with E-state index in [1.165, 1.54) is 49.7 Å².